The summed E-state index contributed by atoms with van der Waals surface area (Å²) in [7, 11) is 0. The fourth-order valence-electron chi connectivity index (χ4n) is 1.17. The van der Waals surface area contributed by atoms with Gasteiger partial charge in [0.15, 0.2) is 5.84 Å². The monoisotopic (exact) mass is 301 g/mol. The molecule has 0 aliphatic rings. The molecule has 0 aliphatic heterocycles. The van der Waals surface area contributed by atoms with Crippen molar-refractivity contribution in [3.8, 4) is 0 Å². The average molecular weight is 302 g/mol. The molecule has 6 nitrogen and oxygen atoms in total. The fraction of sp³-hybridized carbons (Fsp3) is 0.200. The number of hydrogen-bond acceptors (Lipinski definition) is 4. The molecule has 0 aliphatic carbocycles. The lowest BCUT2D eigenvalue weighted by Crippen LogP contribution is -2.19. The molecule has 4 N–H and O–H groups in total. The van der Waals surface area contributed by atoms with Crippen molar-refractivity contribution in [2.45, 2.75) is 6.92 Å². The van der Waals surface area contributed by atoms with Gasteiger partial charge in [-0.05, 0) is 25.1 Å². The number of nitrogens with two attached hydrogens (primary N) is 1. The molecule has 1 rings (SSSR count). The van der Waals surface area contributed by atoms with E-state index in [2.05, 4.69) is 26.4 Å². The number of amidine groups is 1. The van der Waals surface area contributed by atoms with Gasteiger partial charge in [-0.3, -0.25) is 5.32 Å². The average Bonchev–Trinajstić information content (AvgIpc) is 2.28. The summed E-state index contributed by atoms with van der Waals surface area (Å²) in [6.07, 6.45) is -0.599. The Bertz CT molecular complexity index is 448. The topological polar surface area (TPSA) is 96.9 Å². The highest BCUT2D eigenvalue weighted by molar-refractivity contribution is 9.10. The molecule has 0 heterocycles. The first-order valence-corrected chi connectivity index (χ1v) is 5.59. The zero-order valence-electron chi connectivity index (χ0n) is 9.11. The molecular weight excluding hydrogens is 290 g/mol. The minimum absolute atomic E-state index is 0.0932. The quantitative estimate of drug-likeness (QED) is 0.345. The first-order valence-electron chi connectivity index (χ1n) is 4.79. The number of rotatable bonds is 3. The second-order valence-electron chi connectivity index (χ2n) is 3.02. The molecule has 7 heteroatoms. The molecule has 0 unspecified atom stereocenters. The van der Waals surface area contributed by atoms with Gasteiger partial charge in [0.05, 0.1) is 12.3 Å². The molecule has 17 heavy (non-hydrogen) atoms. The molecule has 0 radical (unpaired) electrons. The van der Waals surface area contributed by atoms with Gasteiger partial charge in [-0.1, -0.05) is 21.1 Å². The van der Waals surface area contributed by atoms with Crippen molar-refractivity contribution in [3.05, 3.63) is 28.2 Å². The Hall–Kier alpha value is -1.76. The zero-order valence-corrected chi connectivity index (χ0v) is 10.7. The van der Waals surface area contributed by atoms with Gasteiger partial charge in [-0.25, -0.2) is 4.79 Å². The summed E-state index contributed by atoms with van der Waals surface area (Å²) < 4.78 is 5.49. The van der Waals surface area contributed by atoms with E-state index in [-0.39, 0.29) is 12.4 Å². The number of hydrogen-bond donors (Lipinski definition) is 3. The van der Waals surface area contributed by atoms with E-state index in [4.69, 9.17) is 15.7 Å². The van der Waals surface area contributed by atoms with Crippen LogP contribution in [0, 0.1) is 0 Å². The smallest absolute Gasteiger partial charge is 0.411 e. The SMILES string of the molecule is CCOC(=O)Nc1cc(Br)ccc1/C(N)=N/O. The largest absolute Gasteiger partial charge is 0.450 e. The summed E-state index contributed by atoms with van der Waals surface area (Å²) in [4.78, 5) is 11.3. The van der Waals surface area contributed by atoms with Crippen molar-refractivity contribution in [2.24, 2.45) is 10.9 Å². The van der Waals surface area contributed by atoms with E-state index in [1.165, 1.54) is 0 Å². The number of halogens is 1. The summed E-state index contributed by atoms with van der Waals surface area (Å²) in [5.74, 6) is -0.0932. The van der Waals surface area contributed by atoms with Gasteiger partial charge in [0.25, 0.3) is 0 Å². The van der Waals surface area contributed by atoms with Crippen LogP contribution in [0.1, 0.15) is 12.5 Å². The number of carbonyl (C=O) groups is 1. The van der Waals surface area contributed by atoms with Gasteiger partial charge in [0.1, 0.15) is 0 Å². The number of carbonyl (C=O) groups excluding carboxylic acids is 1. The van der Waals surface area contributed by atoms with Crippen molar-refractivity contribution in [1.82, 2.24) is 0 Å². The van der Waals surface area contributed by atoms with Gasteiger partial charge in [-0.2, -0.15) is 0 Å². The van der Waals surface area contributed by atoms with Crippen LogP contribution < -0.4 is 11.1 Å². The van der Waals surface area contributed by atoms with Gasteiger partial charge in [0.2, 0.25) is 0 Å². The molecule has 0 bridgehead atoms. The van der Waals surface area contributed by atoms with Crippen molar-refractivity contribution < 1.29 is 14.7 Å². The predicted octanol–water partition coefficient (Wildman–Crippen LogP) is 2.11. The molecule has 0 fully saturated rings. The highest BCUT2D eigenvalue weighted by Gasteiger charge is 2.11. The number of oxime groups is 1. The van der Waals surface area contributed by atoms with Gasteiger partial charge >= 0.3 is 6.09 Å². The van der Waals surface area contributed by atoms with Crippen LogP contribution in [0.25, 0.3) is 0 Å². The summed E-state index contributed by atoms with van der Waals surface area (Å²) >= 11 is 3.26. The third-order valence-corrected chi connectivity index (χ3v) is 2.37. The van der Waals surface area contributed by atoms with E-state index in [1.54, 1.807) is 25.1 Å². The second-order valence-corrected chi connectivity index (χ2v) is 3.94. The molecule has 1 amide bonds. The van der Waals surface area contributed by atoms with Crippen molar-refractivity contribution in [3.63, 3.8) is 0 Å². The molecule has 92 valence electrons. The first-order chi connectivity index (χ1) is 8.08. The van der Waals surface area contributed by atoms with Crippen molar-refractivity contribution >= 4 is 33.5 Å². The van der Waals surface area contributed by atoms with Crippen LogP contribution in [-0.2, 0) is 4.74 Å². The third-order valence-electron chi connectivity index (χ3n) is 1.88. The minimum atomic E-state index is -0.599. The van der Waals surface area contributed by atoms with E-state index in [0.29, 0.717) is 11.3 Å². The normalized spacial score (nSPS) is 11.1. The van der Waals surface area contributed by atoms with Crippen molar-refractivity contribution in [1.29, 1.82) is 0 Å². The maximum Gasteiger partial charge on any atom is 0.411 e. The minimum Gasteiger partial charge on any atom is -0.450 e. The lowest BCUT2D eigenvalue weighted by Gasteiger charge is -2.10. The number of amides is 1. The van der Waals surface area contributed by atoms with Gasteiger partial charge in [0, 0.05) is 10.0 Å². The second kappa shape index (κ2) is 6.09. The molecular formula is C10H12BrN3O3. The molecule has 0 aromatic heterocycles. The summed E-state index contributed by atoms with van der Waals surface area (Å²) in [5.41, 5.74) is 6.29. The third kappa shape index (κ3) is 3.63. The van der Waals surface area contributed by atoms with Crippen LogP contribution in [0.4, 0.5) is 10.5 Å². The highest BCUT2D eigenvalue weighted by atomic mass is 79.9. The lowest BCUT2D eigenvalue weighted by atomic mass is 10.1. The maximum absolute atomic E-state index is 11.3. The molecule has 1 aromatic carbocycles. The molecule has 0 saturated carbocycles. The number of nitrogens with one attached hydrogen (secondary N) is 1. The van der Waals surface area contributed by atoms with Crippen LogP contribution in [0.5, 0.6) is 0 Å². The maximum atomic E-state index is 11.3. The van der Waals surface area contributed by atoms with E-state index in [0.717, 1.165) is 4.47 Å². The van der Waals surface area contributed by atoms with Gasteiger partial charge < -0.3 is 15.7 Å². The number of anilines is 1. The lowest BCUT2D eigenvalue weighted by molar-refractivity contribution is 0.168. The Balaban J connectivity index is 3.03. The van der Waals surface area contributed by atoms with E-state index in [1.807, 2.05) is 0 Å². The van der Waals surface area contributed by atoms with Gasteiger partial charge in [-0.15, -0.1) is 0 Å². The van der Waals surface area contributed by atoms with Crippen LogP contribution in [-0.4, -0.2) is 23.7 Å². The first kappa shape index (κ1) is 13.3. The highest BCUT2D eigenvalue weighted by Crippen LogP contribution is 2.21. The molecule has 1 aromatic rings. The summed E-state index contributed by atoms with van der Waals surface area (Å²) in [6.45, 7) is 1.96. The Morgan fingerprint density at radius 2 is 2.35 bits per heavy atom. The van der Waals surface area contributed by atoms with Crippen LogP contribution in [0.3, 0.4) is 0 Å². The standard InChI is InChI=1S/C10H12BrN3O3/c1-2-17-10(15)13-8-5-6(11)3-4-7(8)9(12)14-16/h3-5,16H,2H2,1H3,(H2,12,14)(H,13,15). The predicted molar refractivity (Wildman–Crippen MR) is 67.3 cm³/mol. The Kier molecular flexibility index (Phi) is 4.77. The van der Waals surface area contributed by atoms with E-state index in [9.17, 15) is 4.79 Å². The fourth-order valence-corrected chi connectivity index (χ4v) is 1.54. The Morgan fingerprint density at radius 1 is 1.65 bits per heavy atom. The number of nitrogens with zero attached hydrogens (tertiary/aromatic N) is 1. The van der Waals surface area contributed by atoms with Crippen LogP contribution in [0.15, 0.2) is 27.8 Å². The summed E-state index contributed by atoms with van der Waals surface area (Å²) in [5, 5.41) is 14.0. The zero-order chi connectivity index (χ0) is 12.8. The number of benzene rings is 1. The van der Waals surface area contributed by atoms with E-state index >= 15 is 0 Å². The van der Waals surface area contributed by atoms with Crippen molar-refractivity contribution in [2.75, 3.05) is 11.9 Å². The molecule has 0 saturated heterocycles. The number of ether oxygens (including phenoxy) is 1. The van der Waals surface area contributed by atoms with Crippen LogP contribution >= 0.6 is 15.9 Å². The molecule has 0 spiro atoms. The van der Waals surface area contributed by atoms with E-state index < -0.39 is 6.09 Å². The summed E-state index contributed by atoms with van der Waals surface area (Å²) in [6, 6.07) is 4.95. The Morgan fingerprint density at radius 3 is 2.94 bits per heavy atom. The Labute approximate surface area is 107 Å². The molecule has 0 atom stereocenters. The van der Waals surface area contributed by atoms with Crippen LogP contribution in [0.2, 0.25) is 0 Å².